The Labute approximate surface area is 101 Å². The Bertz CT molecular complexity index is 652. The summed E-state index contributed by atoms with van der Waals surface area (Å²) in [5.74, 6) is 0. The first-order chi connectivity index (χ1) is 8.32. The van der Waals surface area contributed by atoms with Gasteiger partial charge in [-0.1, -0.05) is 0 Å². The van der Waals surface area contributed by atoms with Gasteiger partial charge in [-0.25, -0.2) is 13.2 Å². The highest BCUT2D eigenvalue weighted by molar-refractivity contribution is 7.89. The molecule has 0 amide bonds. The Morgan fingerprint density at radius 2 is 1.78 bits per heavy atom. The molecule has 1 saturated heterocycles. The smallest absolute Gasteiger partial charge is 0.325 e. The zero-order chi connectivity index (χ0) is 13.5. The molecular weight excluding hydrogens is 266 g/mol. The average molecular weight is 277 g/mol. The molecule has 100 valence electrons. The summed E-state index contributed by atoms with van der Waals surface area (Å²) in [6.07, 6.45) is -1.60. The molecule has 0 aromatic carbocycles. The number of rotatable bonds is 2. The van der Waals surface area contributed by atoms with E-state index in [4.69, 9.17) is 0 Å². The van der Waals surface area contributed by atoms with Gasteiger partial charge in [-0.2, -0.15) is 4.31 Å². The van der Waals surface area contributed by atoms with Gasteiger partial charge in [-0.3, -0.25) is 9.78 Å². The molecule has 0 spiro atoms. The summed E-state index contributed by atoms with van der Waals surface area (Å²) in [6.45, 7) is -0.607. The first-order valence-corrected chi connectivity index (χ1v) is 6.44. The molecule has 1 aliphatic heterocycles. The summed E-state index contributed by atoms with van der Waals surface area (Å²) in [5, 5.41) is 18.6. The molecule has 2 unspecified atom stereocenters. The number of β-amino-alcohol motifs (C(OH)–C–C–N with tert-alkyl or cyclic N) is 2. The van der Waals surface area contributed by atoms with E-state index in [9.17, 15) is 28.2 Å². The van der Waals surface area contributed by atoms with E-state index in [1.54, 1.807) is 4.98 Å². The predicted molar refractivity (Wildman–Crippen MR) is 58.5 cm³/mol. The quantitative estimate of drug-likeness (QED) is 0.448. The lowest BCUT2D eigenvalue weighted by molar-refractivity contribution is 0.0572. The SMILES string of the molecule is O=c1[nH]cc(S(=O)(=O)N2CC(O)C(O)C2)c(=O)[nH]1. The first-order valence-electron chi connectivity index (χ1n) is 5.00. The second-order valence-corrected chi connectivity index (χ2v) is 5.80. The van der Waals surface area contributed by atoms with Gasteiger partial charge in [0.2, 0.25) is 10.0 Å². The van der Waals surface area contributed by atoms with Crippen LogP contribution in [0.1, 0.15) is 0 Å². The van der Waals surface area contributed by atoms with Crippen LogP contribution in [0.15, 0.2) is 20.7 Å². The van der Waals surface area contributed by atoms with Crippen molar-refractivity contribution in [1.29, 1.82) is 0 Å². The molecule has 2 heterocycles. The molecule has 0 radical (unpaired) electrons. The number of H-pyrrole nitrogens is 2. The fourth-order valence-corrected chi connectivity index (χ4v) is 3.13. The van der Waals surface area contributed by atoms with E-state index < -0.39 is 38.4 Å². The zero-order valence-corrected chi connectivity index (χ0v) is 9.85. The predicted octanol–water partition coefficient (Wildman–Crippen LogP) is -3.21. The second kappa shape index (κ2) is 4.31. The standard InChI is InChI=1S/C8H11N3O6S/c12-4-2-11(3-5(4)13)18(16,17)6-1-9-8(15)10-7(6)14/h1,4-5,12-13H,2-3H2,(H2,9,10,14,15). The second-order valence-electron chi connectivity index (χ2n) is 3.89. The number of aromatic amines is 2. The van der Waals surface area contributed by atoms with Crippen LogP contribution in [0.4, 0.5) is 0 Å². The van der Waals surface area contributed by atoms with Crippen molar-refractivity contribution in [3.63, 3.8) is 0 Å². The van der Waals surface area contributed by atoms with E-state index in [0.717, 1.165) is 10.5 Å². The Morgan fingerprint density at radius 1 is 1.22 bits per heavy atom. The minimum absolute atomic E-state index is 0.304. The summed E-state index contributed by atoms with van der Waals surface area (Å²) in [4.78, 5) is 25.4. The van der Waals surface area contributed by atoms with Crippen LogP contribution in [0.3, 0.4) is 0 Å². The molecule has 10 heteroatoms. The van der Waals surface area contributed by atoms with Crippen molar-refractivity contribution in [3.8, 4) is 0 Å². The van der Waals surface area contributed by atoms with E-state index in [1.165, 1.54) is 0 Å². The highest BCUT2D eigenvalue weighted by atomic mass is 32.2. The monoisotopic (exact) mass is 277 g/mol. The van der Waals surface area contributed by atoms with Gasteiger partial charge in [0.05, 0.1) is 12.2 Å². The summed E-state index contributed by atoms with van der Waals surface area (Å²) in [6, 6.07) is 0. The first kappa shape index (κ1) is 13.0. The molecule has 1 aliphatic rings. The maximum Gasteiger partial charge on any atom is 0.325 e. The number of hydrogen-bond donors (Lipinski definition) is 4. The van der Waals surface area contributed by atoms with Gasteiger partial charge in [0.15, 0.2) is 4.90 Å². The normalized spacial score (nSPS) is 25.4. The van der Waals surface area contributed by atoms with Gasteiger partial charge in [-0.15, -0.1) is 0 Å². The number of aromatic nitrogens is 2. The van der Waals surface area contributed by atoms with E-state index in [1.807, 2.05) is 0 Å². The lowest BCUT2D eigenvalue weighted by Gasteiger charge is -2.14. The third-order valence-corrected chi connectivity index (χ3v) is 4.47. The highest BCUT2D eigenvalue weighted by Crippen LogP contribution is 2.18. The van der Waals surface area contributed by atoms with Gasteiger partial charge in [0, 0.05) is 19.3 Å². The van der Waals surface area contributed by atoms with Crippen LogP contribution in [0.5, 0.6) is 0 Å². The van der Waals surface area contributed by atoms with Crippen molar-refractivity contribution < 1.29 is 18.6 Å². The van der Waals surface area contributed by atoms with Crippen LogP contribution in [0, 0.1) is 0 Å². The molecule has 2 rings (SSSR count). The zero-order valence-electron chi connectivity index (χ0n) is 9.03. The molecule has 0 aliphatic carbocycles. The van der Waals surface area contributed by atoms with E-state index >= 15 is 0 Å². The third kappa shape index (κ3) is 2.10. The Morgan fingerprint density at radius 3 is 2.28 bits per heavy atom. The minimum Gasteiger partial charge on any atom is -0.389 e. The molecule has 2 atom stereocenters. The molecule has 0 saturated carbocycles. The number of nitrogens with zero attached hydrogens (tertiary/aromatic N) is 1. The Balaban J connectivity index is 2.44. The van der Waals surface area contributed by atoms with Crippen molar-refractivity contribution in [2.45, 2.75) is 17.1 Å². The molecular formula is C8H11N3O6S. The van der Waals surface area contributed by atoms with E-state index in [2.05, 4.69) is 4.98 Å². The summed E-state index contributed by atoms with van der Waals surface area (Å²) >= 11 is 0. The molecule has 1 aromatic rings. The Kier molecular flexibility index (Phi) is 3.11. The van der Waals surface area contributed by atoms with Crippen LogP contribution < -0.4 is 11.2 Å². The van der Waals surface area contributed by atoms with Crippen LogP contribution in [0.25, 0.3) is 0 Å². The molecule has 0 bridgehead atoms. The van der Waals surface area contributed by atoms with Crippen molar-refractivity contribution in [1.82, 2.24) is 14.3 Å². The van der Waals surface area contributed by atoms with Gasteiger partial charge in [-0.05, 0) is 0 Å². The van der Waals surface area contributed by atoms with Crippen LogP contribution in [-0.4, -0.2) is 58.2 Å². The maximum absolute atomic E-state index is 12.0. The van der Waals surface area contributed by atoms with Gasteiger partial charge in [0.25, 0.3) is 5.56 Å². The van der Waals surface area contributed by atoms with Crippen molar-refractivity contribution in [2.24, 2.45) is 0 Å². The number of nitrogens with one attached hydrogen (secondary N) is 2. The highest BCUT2D eigenvalue weighted by Gasteiger charge is 2.38. The maximum atomic E-state index is 12.0. The number of sulfonamides is 1. The van der Waals surface area contributed by atoms with E-state index in [-0.39, 0.29) is 13.1 Å². The molecule has 1 aromatic heterocycles. The lowest BCUT2D eigenvalue weighted by Crippen LogP contribution is -2.36. The topological polar surface area (TPSA) is 144 Å². The lowest BCUT2D eigenvalue weighted by atomic mass is 10.3. The molecule has 4 N–H and O–H groups in total. The number of aliphatic hydroxyl groups is 2. The molecule has 9 nitrogen and oxygen atoms in total. The fourth-order valence-electron chi connectivity index (χ4n) is 1.66. The fraction of sp³-hybridized carbons (Fsp3) is 0.500. The Hall–Kier alpha value is -1.49. The van der Waals surface area contributed by atoms with Crippen LogP contribution in [0.2, 0.25) is 0 Å². The summed E-state index contributed by atoms with van der Waals surface area (Å²) < 4.78 is 24.8. The van der Waals surface area contributed by atoms with Crippen LogP contribution >= 0.6 is 0 Å². The number of aliphatic hydroxyl groups excluding tert-OH is 2. The number of hydrogen-bond acceptors (Lipinski definition) is 6. The van der Waals surface area contributed by atoms with E-state index in [0.29, 0.717) is 0 Å². The molecule has 18 heavy (non-hydrogen) atoms. The average Bonchev–Trinajstić information content (AvgIpc) is 2.59. The van der Waals surface area contributed by atoms with Crippen molar-refractivity contribution in [3.05, 3.63) is 27.0 Å². The van der Waals surface area contributed by atoms with Crippen LogP contribution in [-0.2, 0) is 10.0 Å². The summed E-state index contributed by atoms with van der Waals surface area (Å²) in [5.41, 5.74) is -1.87. The van der Waals surface area contributed by atoms with Crippen molar-refractivity contribution >= 4 is 10.0 Å². The van der Waals surface area contributed by atoms with Gasteiger partial charge >= 0.3 is 5.69 Å². The van der Waals surface area contributed by atoms with Crippen molar-refractivity contribution in [2.75, 3.05) is 13.1 Å². The van der Waals surface area contributed by atoms with Gasteiger partial charge < -0.3 is 15.2 Å². The minimum atomic E-state index is -4.15. The van der Waals surface area contributed by atoms with Gasteiger partial charge in [0.1, 0.15) is 0 Å². The largest absolute Gasteiger partial charge is 0.389 e. The third-order valence-electron chi connectivity index (χ3n) is 2.63. The summed E-state index contributed by atoms with van der Waals surface area (Å²) in [7, 11) is -4.15. The molecule has 1 fully saturated rings.